The maximum Gasteiger partial charge on any atom is 0.229 e. The van der Waals surface area contributed by atoms with E-state index in [1.54, 1.807) is 6.20 Å². The number of halogens is 2. The van der Waals surface area contributed by atoms with Crippen LogP contribution in [-0.4, -0.2) is 16.5 Å². The van der Waals surface area contributed by atoms with E-state index in [1.165, 1.54) is 5.56 Å². The molecule has 122 valence electrons. The standard InChI is InChI=1S/C18H16Cl2N4/c19-14-4-1-3-13(11-14)7-9-21-17-8-10-22-18(24-17)23-16-6-2-5-15(20)12-16/h1-6,8,10-12H,7,9H2,(H2,21,22,23,24). The summed E-state index contributed by atoms with van der Waals surface area (Å²) in [6, 6.07) is 17.1. The maximum atomic E-state index is 5.99. The summed E-state index contributed by atoms with van der Waals surface area (Å²) >= 11 is 12.0. The van der Waals surface area contributed by atoms with Crippen molar-refractivity contribution in [1.29, 1.82) is 0 Å². The van der Waals surface area contributed by atoms with Gasteiger partial charge in [0.15, 0.2) is 0 Å². The Labute approximate surface area is 150 Å². The third kappa shape index (κ3) is 4.85. The molecule has 0 aliphatic heterocycles. The fourth-order valence-corrected chi connectivity index (χ4v) is 2.64. The Bertz CT molecular complexity index is 823. The van der Waals surface area contributed by atoms with E-state index < -0.39 is 0 Å². The largest absolute Gasteiger partial charge is 0.370 e. The predicted octanol–water partition coefficient (Wildman–Crippen LogP) is 5.18. The number of anilines is 3. The minimum absolute atomic E-state index is 0.519. The summed E-state index contributed by atoms with van der Waals surface area (Å²) in [4.78, 5) is 8.66. The lowest BCUT2D eigenvalue weighted by Crippen LogP contribution is -2.07. The molecule has 0 amide bonds. The van der Waals surface area contributed by atoms with Gasteiger partial charge in [-0.05, 0) is 48.4 Å². The molecule has 2 aromatic carbocycles. The van der Waals surface area contributed by atoms with Gasteiger partial charge in [-0.1, -0.05) is 41.4 Å². The van der Waals surface area contributed by atoms with Crippen LogP contribution >= 0.6 is 23.2 Å². The molecule has 0 saturated carbocycles. The number of nitrogens with one attached hydrogen (secondary N) is 2. The molecular formula is C18H16Cl2N4. The van der Waals surface area contributed by atoms with Gasteiger partial charge in [0.1, 0.15) is 5.82 Å². The molecule has 0 fully saturated rings. The van der Waals surface area contributed by atoms with Gasteiger partial charge in [0.05, 0.1) is 0 Å². The third-order valence-corrected chi connectivity index (χ3v) is 3.82. The second kappa shape index (κ2) is 7.99. The number of rotatable bonds is 6. The molecule has 1 heterocycles. The SMILES string of the molecule is Clc1cccc(CCNc2ccnc(Nc3cccc(Cl)c3)n2)c1. The van der Waals surface area contributed by atoms with E-state index >= 15 is 0 Å². The summed E-state index contributed by atoms with van der Waals surface area (Å²) < 4.78 is 0. The molecule has 0 unspecified atom stereocenters. The van der Waals surface area contributed by atoms with Crippen LogP contribution in [0.4, 0.5) is 17.5 Å². The van der Waals surface area contributed by atoms with Gasteiger partial charge in [-0.15, -0.1) is 0 Å². The van der Waals surface area contributed by atoms with Gasteiger partial charge < -0.3 is 10.6 Å². The molecular weight excluding hydrogens is 343 g/mol. The molecule has 3 rings (SSSR count). The Kier molecular flexibility index (Phi) is 5.51. The van der Waals surface area contributed by atoms with Gasteiger partial charge >= 0.3 is 0 Å². The van der Waals surface area contributed by atoms with Crippen molar-refractivity contribution in [2.45, 2.75) is 6.42 Å². The maximum absolute atomic E-state index is 5.99. The highest BCUT2D eigenvalue weighted by Crippen LogP contribution is 2.18. The van der Waals surface area contributed by atoms with Crippen molar-refractivity contribution < 1.29 is 0 Å². The van der Waals surface area contributed by atoms with E-state index in [-0.39, 0.29) is 0 Å². The van der Waals surface area contributed by atoms with Crippen LogP contribution in [-0.2, 0) is 6.42 Å². The normalized spacial score (nSPS) is 10.4. The Morgan fingerprint density at radius 2 is 1.71 bits per heavy atom. The van der Waals surface area contributed by atoms with E-state index in [1.807, 2.05) is 48.5 Å². The van der Waals surface area contributed by atoms with Gasteiger partial charge in [0.2, 0.25) is 5.95 Å². The number of benzene rings is 2. The first-order chi connectivity index (χ1) is 11.7. The van der Waals surface area contributed by atoms with Crippen molar-refractivity contribution in [3.05, 3.63) is 76.4 Å². The van der Waals surface area contributed by atoms with Crippen LogP contribution in [0.25, 0.3) is 0 Å². The smallest absolute Gasteiger partial charge is 0.229 e. The van der Waals surface area contributed by atoms with Crippen LogP contribution in [0.3, 0.4) is 0 Å². The average molecular weight is 359 g/mol. The van der Waals surface area contributed by atoms with Crippen LogP contribution in [0.15, 0.2) is 60.8 Å². The lowest BCUT2D eigenvalue weighted by molar-refractivity contribution is 1.00. The second-order valence-corrected chi connectivity index (χ2v) is 6.08. The highest BCUT2D eigenvalue weighted by Gasteiger charge is 2.01. The first-order valence-electron chi connectivity index (χ1n) is 7.53. The summed E-state index contributed by atoms with van der Waals surface area (Å²) in [6.45, 7) is 0.758. The minimum atomic E-state index is 0.519. The molecule has 1 aromatic heterocycles. The molecule has 0 aliphatic rings. The second-order valence-electron chi connectivity index (χ2n) is 5.21. The molecule has 2 N–H and O–H groups in total. The topological polar surface area (TPSA) is 49.8 Å². The number of hydrogen-bond donors (Lipinski definition) is 2. The molecule has 3 aromatic rings. The highest BCUT2D eigenvalue weighted by atomic mass is 35.5. The van der Waals surface area contributed by atoms with E-state index in [0.29, 0.717) is 11.0 Å². The van der Waals surface area contributed by atoms with Gasteiger partial charge in [-0.2, -0.15) is 4.98 Å². The monoisotopic (exact) mass is 358 g/mol. The molecule has 0 saturated heterocycles. The summed E-state index contributed by atoms with van der Waals surface area (Å²) in [5.74, 6) is 1.28. The van der Waals surface area contributed by atoms with E-state index in [4.69, 9.17) is 23.2 Å². The van der Waals surface area contributed by atoms with E-state index in [0.717, 1.165) is 29.5 Å². The zero-order chi connectivity index (χ0) is 16.8. The summed E-state index contributed by atoms with van der Waals surface area (Å²) in [6.07, 6.45) is 2.57. The molecule has 0 atom stereocenters. The van der Waals surface area contributed by atoms with Crippen molar-refractivity contribution in [1.82, 2.24) is 9.97 Å². The fourth-order valence-electron chi connectivity index (χ4n) is 2.24. The average Bonchev–Trinajstić information content (AvgIpc) is 2.55. The first-order valence-corrected chi connectivity index (χ1v) is 8.28. The number of nitrogens with zero attached hydrogens (tertiary/aromatic N) is 2. The summed E-state index contributed by atoms with van der Waals surface area (Å²) in [7, 11) is 0. The van der Waals surface area contributed by atoms with Crippen molar-refractivity contribution in [3.8, 4) is 0 Å². The molecule has 0 aliphatic carbocycles. The van der Waals surface area contributed by atoms with Crippen LogP contribution in [0, 0.1) is 0 Å². The predicted molar refractivity (Wildman–Crippen MR) is 100 cm³/mol. The minimum Gasteiger partial charge on any atom is -0.370 e. The molecule has 6 heteroatoms. The lowest BCUT2D eigenvalue weighted by atomic mass is 10.1. The Balaban J connectivity index is 1.59. The number of hydrogen-bond acceptors (Lipinski definition) is 4. The van der Waals surface area contributed by atoms with Gasteiger partial charge in [-0.25, -0.2) is 4.98 Å². The lowest BCUT2D eigenvalue weighted by Gasteiger charge is -2.09. The zero-order valence-electron chi connectivity index (χ0n) is 12.8. The molecule has 0 bridgehead atoms. The van der Waals surface area contributed by atoms with Crippen LogP contribution in [0.2, 0.25) is 10.0 Å². The molecule has 0 radical (unpaired) electrons. The molecule has 0 spiro atoms. The van der Waals surface area contributed by atoms with E-state index in [9.17, 15) is 0 Å². The van der Waals surface area contributed by atoms with Gasteiger partial charge in [0, 0.05) is 28.5 Å². The quantitative estimate of drug-likeness (QED) is 0.637. The van der Waals surface area contributed by atoms with Crippen molar-refractivity contribution in [3.63, 3.8) is 0 Å². The summed E-state index contributed by atoms with van der Waals surface area (Å²) in [5.41, 5.74) is 2.03. The Morgan fingerprint density at radius 1 is 0.917 bits per heavy atom. The Hall–Kier alpha value is -2.30. The van der Waals surface area contributed by atoms with Crippen LogP contribution < -0.4 is 10.6 Å². The van der Waals surface area contributed by atoms with Crippen molar-refractivity contribution in [2.75, 3.05) is 17.2 Å². The molecule has 4 nitrogen and oxygen atoms in total. The molecule has 24 heavy (non-hydrogen) atoms. The number of aromatic nitrogens is 2. The van der Waals surface area contributed by atoms with Crippen molar-refractivity contribution >= 4 is 40.7 Å². The van der Waals surface area contributed by atoms with Crippen LogP contribution in [0.5, 0.6) is 0 Å². The van der Waals surface area contributed by atoms with Crippen LogP contribution in [0.1, 0.15) is 5.56 Å². The van der Waals surface area contributed by atoms with Gasteiger partial charge in [0.25, 0.3) is 0 Å². The highest BCUT2D eigenvalue weighted by molar-refractivity contribution is 6.31. The Morgan fingerprint density at radius 3 is 2.50 bits per heavy atom. The van der Waals surface area contributed by atoms with E-state index in [2.05, 4.69) is 26.7 Å². The zero-order valence-corrected chi connectivity index (χ0v) is 14.3. The van der Waals surface area contributed by atoms with Gasteiger partial charge in [-0.3, -0.25) is 0 Å². The first kappa shape index (κ1) is 16.6. The third-order valence-electron chi connectivity index (χ3n) is 3.35. The fraction of sp³-hybridized carbons (Fsp3) is 0.111. The van der Waals surface area contributed by atoms with Crippen molar-refractivity contribution in [2.24, 2.45) is 0 Å². The summed E-state index contributed by atoms with van der Waals surface area (Å²) in [5, 5.41) is 7.84.